The van der Waals surface area contributed by atoms with Crippen LogP contribution in [0, 0.1) is 0 Å². The summed E-state index contributed by atoms with van der Waals surface area (Å²) in [6.07, 6.45) is 0. The molecular weight excluding hydrogens is 669 g/mol. The highest BCUT2D eigenvalue weighted by atomic mass is 16.3. The summed E-state index contributed by atoms with van der Waals surface area (Å²) in [5, 5.41) is 4.23. The molecule has 10 rings (SSSR count). The van der Waals surface area contributed by atoms with Crippen molar-refractivity contribution in [3.05, 3.63) is 133 Å². The van der Waals surface area contributed by atoms with Gasteiger partial charge in [-0.2, -0.15) is 0 Å². The lowest BCUT2D eigenvalue weighted by Gasteiger charge is -2.20. The van der Waals surface area contributed by atoms with Crippen molar-refractivity contribution in [2.24, 2.45) is 0 Å². The van der Waals surface area contributed by atoms with Crippen molar-refractivity contribution < 1.29 is 8.83 Å². The van der Waals surface area contributed by atoms with E-state index in [1.165, 1.54) is 38.4 Å². The second-order valence-corrected chi connectivity index (χ2v) is 14.5. The fraction of sp³-hybridized carbons (Fsp3) is 0. The Morgan fingerprint density at radius 2 is 0.836 bits per heavy atom. The topological polar surface area (TPSA) is 65.0 Å². The Morgan fingerprint density at radius 1 is 0.345 bits per heavy atom. The molecule has 3 heterocycles. The number of nitrogens with zero attached hydrogens (tertiary/aromatic N) is 3. The summed E-state index contributed by atoms with van der Waals surface area (Å²) < 4.78 is 13.0. The number of aromatic nitrogens is 3. The van der Waals surface area contributed by atoms with Crippen LogP contribution in [0.3, 0.4) is 0 Å². The van der Waals surface area contributed by atoms with Gasteiger partial charge >= 0.3 is 0 Å². The average molecular weight is 701 g/mol. The van der Waals surface area contributed by atoms with Gasteiger partial charge in [-0.1, -0.05) is 120 Å². The molecule has 0 saturated carbocycles. The molecule has 0 radical (unpaired) electrons. The van der Waals surface area contributed by atoms with Crippen LogP contribution in [0.25, 0.3) is 100 Å². The van der Waals surface area contributed by atoms with E-state index in [9.17, 15) is 0 Å². The van der Waals surface area contributed by atoms with Gasteiger partial charge in [0.2, 0.25) is 0 Å². The van der Waals surface area contributed by atoms with Gasteiger partial charge in [-0.3, -0.25) is 0 Å². The van der Waals surface area contributed by atoms with Gasteiger partial charge in [0.15, 0.2) is 17.5 Å². The van der Waals surface area contributed by atoms with Crippen LogP contribution in [0.4, 0.5) is 0 Å². The molecule has 0 unspecified atom stereocenters. The fourth-order valence-corrected chi connectivity index (χ4v) is 8.18. The molecule has 10 aromatic rings. The predicted molar refractivity (Wildman–Crippen MR) is 242 cm³/mol. The van der Waals surface area contributed by atoms with Crippen molar-refractivity contribution in [1.82, 2.24) is 15.0 Å². The first-order valence-corrected chi connectivity index (χ1v) is 18.7. The SMILES string of the molecule is Bc1c(B)c(B)c(-c2ccc(-c3nc(-c4ccccc4)nc(-c4cccc5c4oc4ccc(-c6cccc7c6oc6ccccc67)cc45)n3)cc2)c(B)c1B. The number of fused-ring (bicyclic) bond motifs is 6. The van der Waals surface area contributed by atoms with Crippen LogP contribution < -0.4 is 27.3 Å². The lowest BCUT2D eigenvalue weighted by Crippen LogP contribution is -2.55. The van der Waals surface area contributed by atoms with E-state index in [4.69, 9.17) is 23.8 Å². The number of hydrogen-bond acceptors (Lipinski definition) is 5. The third-order valence-corrected chi connectivity index (χ3v) is 11.6. The molecule has 10 heteroatoms. The maximum Gasteiger partial charge on any atom is 0.167 e. The van der Waals surface area contributed by atoms with Crippen molar-refractivity contribution in [3.8, 4) is 56.4 Å². The molecule has 0 saturated heterocycles. The van der Waals surface area contributed by atoms with Crippen molar-refractivity contribution in [2.75, 3.05) is 0 Å². The number of hydrogen-bond donors (Lipinski definition) is 0. The van der Waals surface area contributed by atoms with Crippen LogP contribution in [-0.2, 0) is 0 Å². The normalized spacial score (nSPS) is 11.6. The standard InChI is InChI=1S/C45H32B5N3O2/c46-36-35(37(47)39(49)40(50)38(36)48)23-16-18-25(19-17-23)44-51-43(24-8-2-1-3-9-24)52-45(53-44)31-14-7-13-30-32-22-26(20-21-34(32)55-42(30)31)27-11-6-12-29-28-10-4-5-15-33(28)54-41(27)29/h1-22H,46-50H2. The number of benzene rings is 7. The second kappa shape index (κ2) is 12.8. The van der Waals surface area contributed by atoms with E-state index in [0.717, 1.165) is 71.7 Å². The zero-order valence-electron chi connectivity index (χ0n) is 31.4. The molecule has 0 N–H and O–H groups in total. The van der Waals surface area contributed by atoms with E-state index in [1.807, 2.05) is 54.6 Å². The van der Waals surface area contributed by atoms with Gasteiger partial charge < -0.3 is 8.83 Å². The molecule has 254 valence electrons. The Morgan fingerprint density at radius 3 is 1.55 bits per heavy atom. The number of para-hydroxylation sites is 3. The van der Waals surface area contributed by atoms with Gasteiger partial charge in [0, 0.05) is 38.2 Å². The van der Waals surface area contributed by atoms with Crippen molar-refractivity contribution in [2.45, 2.75) is 0 Å². The largest absolute Gasteiger partial charge is 0.455 e. The molecule has 0 amide bonds. The van der Waals surface area contributed by atoms with Gasteiger partial charge in [-0.05, 0) is 41.0 Å². The molecule has 0 bridgehead atoms. The molecule has 0 aliphatic heterocycles. The van der Waals surface area contributed by atoms with Gasteiger partial charge in [-0.25, -0.2) is 15.0 Å². The van der Waals surface area contributed by atoms with E-state index in [0.29, 0.717) is 17.5 Å². The third kappa shape index (κ3) is 5.35. The molecule has 0 aliphatic rings. The average Bonchev–Trinajstić information content (AvgIpc) is 3.81. The van der Waals surface area contributed by atoms with E-state index >= 15 is 0 Å². The minimum absolute atomic E-state index is 0.557. The van der Waals surface area contributed by atoms with Crippen molar-refractivity contribution in [3.63, 3.8) is 0 Å². The van der Waals surface area contributed by atoms with Crippen LogP contribution in [-0.4, -0.2) is 54.2 Å². The summed E-state index contributed by atoms with van der Waals surface area (Å²) in [5.41, 5.74) is 17.2. The first kappa shape index (κ1) is 33.1. The maximum atomic E-state index is 6.65. The second-order valence-electron chi connectivity index (χ2n) is 14.5. The van der Waals surface area contributed by atoms with Crippen LogP contribution >= 0.6 is 0 Å². The first-order valence-electron chi connectivity index (χ1n) is 18.7. The van der Waals surface area contributed by atoms with Gasteiger partial charge in [0.05, 0.1) is 5.56 Å². The third-order valence-electron chi connectivity index (χ3n) is 11.6. The van der Waals surface area contributed by atoms with Crippen LogP contribution in [0.5, 0.6) is 0 Å². The Labute approximate surface area is 322 Å². The molecule has 5 nitrogen and oxygen atoms in total. The zero-order chi connectivity index (χ0) is 37.4. The molecule has 0 fully saturated rings. The molecule has 55 heavy (non-hydrogen) atoms. The molecule has 0 aliphatic carbocycles. The predicted octanol–water partition coefficient (Wildman–Crippen LogP) is 3.30. The van der Waals surface area contributed by atoms with Gasteiger partial charge in [0.25, 0.3) is 0 Å². The Balaban J connectivity index is 1.11. The Bertz CT molecular complexity index is 3130. The molecule has 3 aromatic heterocycles. The number of rotatable bonds is 5. The summed E-state index contributed by atoms with van der Waals surface area (Å²) >= 11 is 0. The smallest absolute Gasteiger partial charge is 0.167 e. The highest BCUT2D eigenvalue weighted by Crippen LogP contribution is 2.40. The number of furan rings is 2. The minimum atomic E-state index is 0.557. The van der Waals surface area contributed by atoms with E-state index in [2.05, 4.69) is 118 Å². The van der Waals surface area contributed by atoms with Crippen molar-refractivity contribution in [1.29, 1.82) is 0 Å². The van der Waals surface area contributed by atoms with Crippen LogP contribution in [0.2, 0.25) is 0 Å². The summed E-state index contributed by atoms with van der Waals surface area (Å²) in [4.78, 5) is 15.2. The highest BCUT2D eigenvalue weighted by Gasteiger charge is 2.20. The summed E-state index contributed by atoms with van der Waals surface area (Å²) in [5.74, 6) is 1.77. The van der Waals surface area contributed by atoms with Crippen LogP contribution in [0.1, 0.15) is 0 Å². The maximum absolute atomic E-state index is 6.65. The molecule has 0 spiro atoms. The lowest BCUT2D eigenvalue weighted by atomic mass is 9.59. The minimum Gasteiger partial charge on any atom is -0.455 e. The Hall–Kier alpha value is -6.53. The van der Waals surface area contributed by atoms with Crippen molar-refractivity contribution >= 4 is 110 Å². The van der Waals surface area contributed by atoms with Gasteiger partial charge in [-0.15, -0.1) is 16.4 Å². The lowest BCUT2D eigenvalue weighted by molar-refractivity contribution is 0.668. The first-order chi connectivity index (χ1) is 26.8. The summed E-state index contributed by atoms with van der Waals surface area (Å²) in [6, 6.07) is 45.8. The van der Waals surface area contributed by atoms with Gasteiger partial charge in [0.1, 0.15) is 61.6 Å². The fourth-order valence-electron chi connectivity index (χ4n) is 8.18. The zero-order valence-corrected chi connectivity index (χ0v) is 31.4. The van der Waals surface area contributed by atoms with E-state index in [1.54, 1.807) is 0 Å². The monoisotopic (exact) mass is 701 g/mol. The molecule has 0 atom stereocenters. The quantitative estimate of drug-likeness (QED) is 0.258. The Kier molecular flexibility index (Phi) is 7.70. The summed E-state index contributed by atoms with van der Waals surface area (Å²) in [6.45, 7) is 0. The van der Waals surface area contributed by atoms with Crippen LogP contribution in [0.15, 0.2) is 142 Å². The highest BCUT2D eigenvalue weighted by molar-refractivity contribution is 6.68. The molecular formula is C45H32B5N3O2. The van der Waals surface area contributed by atoms with E-state index in [-0.39, 0.29) is 0 Å². The summed E-state index contributed by atoms with van der Waals surface area (Å²) in [7, 11) is 11.1. The molecule has 7 aromatic carbocycles. The van der Waals surface area contributed by atoms with E-state index < -0.39 is 0 Å².